The summed E-state index contributed by atoms with van der Waals surface area (Å²) in [7, 11) is 0. The van der Waals surface area contributed by atoms with E-state index < -0.39 is 0 Å². The molecular formula is C16H26N4O3S. The fourth-order valence-corrected chi connectivity index (χ4v) is 3.99. The smallest absolute Gasteiger partial charge is 0.227 e. The quantitative estimate of drug-likeness (QED) is 0.849. The van der Waals surface area contributed by atoms with Gasteiger partial charge in [0.25, 0.3) is 0 Å². The summed E-state index contributed by atoms with van der Waals surface area (Å²) >= 11 is 1.41. The molecule has 0 spiro atoms. The van der Waals surface area contributed by atoms with E-state index in [9.17, 15) is 4.79 Å². The van der Waals surface area contributed by atoms with Crippen LogP contribution in [0.25, 0.3) is 0 Å². The Morgan fingerprint density at radius 1 is 1.33 bits per heavy atom. The molecule has 1 aromatic heterocycles. The molecule has 8 heteroatoms. The van der Waals surface area contributed by atoms with Gasteiger partial charge in [0, 0.05) is 44.2 Å². The number of hydrogen-bond acceptors (Lipinski definition) is 7. The lowest BCUT2D eigenvalue weighted by Crippen LogP contribution is -2.46. The third-order valence-electron chi connectivity index (χ3n) is 4.49. The molecule has 1 amide bonds. The van der Waals surface area contributed by atoms with Crippen LogP contribution < -0.4 is 5.73 Å². The molecule has 1 atom stereocenters. The van der Waals surface area contributed by atoms with Crippen molar-refractivity contribution in [2.24, 2.45) is 0 Å². The van der Waals surface area contributed by atoms with Gasteiger partial charge in [-0.15, -0.1) is 11.3 Å². The number of nitrogen functional groups attached to an aromatic ring is 1. The maximum absolute atomic E-state index is 12.7. The first-order chi connectivity index (χ1) is 11.6. The molecule has 3 rings (SSSR count). The number of nitrogens with two attached hydrogens (primary N) is 1. The lowest BCUT2D eigenvalue weighted by atomic mass is 10.2. The minimum absolute atomic E-state index is 0.0715. The zero-order chi connectivity index (χ0) is 16.9. The van der Waals surface area contributed by atoms with Crippen LogP contribution in [0.3, 0.4) is 0 Å². The third-order valence-corrected chi connectivity index (χ3v) is 5.48. The maximum Gasteiger partial charge on any atom is 0.227 e. The van der Waals surface area contributed by atoms with Gasteiger partial charge in [0.05, 0.1) is 31.4 Å². The molecule has 0 aliphatic carbocycles. The Hall–Kier alpha value is -1.22. The van der Waals surface area contributed by atoms with Crippen molar-refractivity contribution in [2.75, 3.05) is 58.3 Å². The average Bonchev–Trinajstić information content (AvgIpc) is 2.76. The first-order valence-electron chi connectivity index (χ1n) is 8.53. The standard InChI is InChI=1S/C16H26N4O3S/c1-12-14(24-16(17)18-12)9-15(21)20-3-2-6-23-13(11-20)10-19-4-7-22-8-5-19/h13H,2-11H2,1H3,(H2,17,18). The first-order valence-corrected chi connectivity index (χ1v) is 9.34. The van der Waals surface area contributed by atoms with Gasteiger partial charge in [0.1, 0.15) is 0 Å². The second-order valence-electron chi connectivity index (χ2n) is 6.34. The Labute approximate surface area is 146 Å². The molecule has 24 heavy (non-hydrogen) atoms. The summed E-state index contributed by atoms with van der Waals surface area (Å²) in [6.07, 6.45) is 1.34. The molecule has 2 saturated heterocycles. The van der Waals surface area contributed by atoms with E-state index in [1.54, 1.807) is 0 Å². The number of amides is 1. The summed E-state index contributed by atoms with van der Waals surface area (Å²) in [5.74, 6) is 0.138. The number of thiazole rings is 1. The molecule has 1 unspecified atom stereocenters. The second kappa shape index (κ2) is 8.24. The number of rotatable bonds is 4. The highest BCUT2D eigenvalue weighted by atomic mass is 32.1. The molecule has 0 saturated carbocycles. The number of nitrogens with zero attached hydrogens (tertiary/aromatic N) is 3. The lowest BCUT2D eigenvalue weighted by Gasteiger charge is -2.31. The summed E-state index contributed by atoms with van der Waals surface area (Å²) < 4.78 is 11.3. The number of carbonyl (C=O) groups is 1. The minimum atomic E-state index is 0.0715. The van der Waals surface area contributed by atoms with Gasteiger partial charge in [-0.25, -0.2) is 4.98 Å². The van der Waals surface area contributed by atoms with E-state index in [0.29, 0.717) is 24.7 Å². The van der Waals surface area contributed by atoms with Crippen LogP contribution >= 0.6 is 11.3 Å². The number of aromatic nitrogens is 1. The van der Waals surface area contributed by atoms with Crippen LogP contribution in [0.15, 0.2) is 0 Å². The third kappa shape index (κ3) is 4.66. The average molecular weight is 354 g/mol. The fraction of sp³-hybridized carbons (Fsp3) is 0.750. The molecule has 2 aliphatic heterocycles. The Morgan fingerprint density at radius 2 is 2.12 bits per heavy atom. The second-order valence-corrected chi connectivity index (χ2v) is 7.45. The van der Waals surface area contributed by atoms with Crippen molar-refractivity contribution in [3.05, 3.63) is 10.6 Å². The number of aryl methyl sites for hydroxylation is 1. The number of carbonyl (C=O) groups excluding carboxylic acids is 1. The van der Waals surface area contributed by atoms with Crippen molar-refractivity contribution in [2.45, 2.75) is 25.9 Å². The zero-order valence-corrected chi connectivity index (χ0v) is 15.0. The van der Waals surface area contributed by atoms with Crippen LogP contribution in [0.5, 0.6) is 0 Å². The number of anilines is 1. The molecule has 7 nitrogen and oxygen atoms in total. The molecule has 0 aromatic carbocycles. The van der Waals surface area contributed by atoms with Gasteiger partial charge in [-0.05, 0) is 13.3 Å². The SMILES string of the molecule is Cc1nc(N)sc1CC(=O)N1CCCOC(CN2CCOCC2)C1. The van der Waals surface area contributed by atoms with Crippen LogP contribution in [0.2, 0.25) is 0 Å². The first kappa shape index (κ1) is 17.6. The van der Waals surface area contributed by atoms with E-state index in [1.165, 1.54) is 11.3 Å². The molecule has 2 N–H and O–H groups in total. The van der Waals surface area contributed by atoms with E-state index in [-0.39, 0.29) is 12.0 Å². The van der Waals surface area contributed by atoms with E-state index in [2.05, 4.69) is 9.88 Å². The van der Waals surface area contributed by atoms with Crippen LogP contribution in [-0.4, -0.2) is 79.3 Å². The molecule has 1 aromatic rings. The lowest BCUT2D eigenvalue weighted by molar-refractivity contribution is -0.131. The van der Waals surface area contributed by atoms with Crippen molar-refractivity contribution >= 4 is 22.4 Å². The number of morpholine rings is 1. The Bertz CT molecular complexity index is 560. The largest absolute Gasteiger partial charge is 0.379 e. The van der Waals surface area contributed by atoms with E-state index in [1.807, 2.05) is 11.8 Å². The predicted molar refractivity (Wildman–Crippen MR) is 93.2 cm³/mol. The molecule has 134 valence electrons. The molecule has 0 radical (unpaired) electrons. The number of hydrogen-bond donors (Lipinski definition) is 1. The topological polar surface area (TPSA) is 80.9 Å². The summed E-state index contributed by atoms with van der Waals surface area (Å²) in [4.78, 5) is 22.2. The van der Waals surface area contributed by atoms with Crippen molar-refractivity contribution in [3.8, 4) is 0 Å². The molecular weight excluding hydrogens is 328 g/mol. The van der Waals surface area contributed by atoms with E-state index in [0.717, 1.165) is 56.4 Å². The summed E-state index contributed by atoms with van der Waals surface area (Å²) in [6.45, 7) is 8.33. The Balaban J connectivity index is 1.57. The van der Waals surface area contributed by atoms with Gasteiger partial charge in [-0.1, -0.05) is 0 Å². The van der Waals surface area contributed by atoms with Crippen LogP contribution in [0.4, 0.5) is 5.13 Å². The molecule has 2 aliphatic rings. The van der Waals surface area contributed by atoms with E-state index >= 15 is 0 Å². The zero-order valence-electron chi connectivity index (χ0n) is 14.2. The number of ether oxygens (including phenoxy) is 2. The summed E-state index contributed by atoms with van der Waals surface area (Å²) in [5, 5.41) is 0.527. The van der Waals surface area contributed by atoms with Gasteiger partial charge in [0.15, 0.2) is 5.13 Å². The van der Waals surface area contributed by atoms with Crippen LogP contribution in [-0.2, 0) is 20.7 Å². The van der Waals surface area contributed by atoms with Crippen molar-refractivity contribution in [1.29, 1.82) is 0 Å². The predicted octanol–water partition coefficient (Wildman–Crippen LogP) is 0.526. The molecule has 2 fully saturated rings. The van der Waals surface area contributed by atoms with Crippen molar-refractivity contribution in [3.63, 3.8) is 0 Å². The summed E-state index contributed by atoms with van der Waals surface area (Å²) in [5.41, 5.74) is 6.59. The maximum atomic E-state index is 12.7. The van der Waals surface area contributed by atoms with Gasteiger partial charge in [-0.2, -0.15) is 0 Å². The van der Waals surface area contributed by atoms with Gasteiger partial charge < -0.3 is 20.1 Å². The highest BCUT2D eigenvalue weighted by Crippen LogP contribution is 2.21. The Morgan fingerprint density at radius 3 is 2.83 bits per heavy atom. The highest BCUT2D eigenvalue weighted by molar-refractivity contribution is 7.15. The molecule has 3 heterocycles. The molecule has 0 bridgehead atoms. The van der Waals surface area contributed by atoms with Crippen LogP contribution in [0.1, 0.15) is 17.0 Å². The van der Waals surface area contributed by atoms with Gasteiger partial charge >= 0.3 is 0 Å². The monoisotopic (exact) mass is 354 g/mol. The summed E-state index contributed by atoms with van der Waals surface area (Å²) in [6, 6.07) is 0. The van der Waals surface area contributed by atoms with Gasteiger partial charge in [0.2, 0.25) is 5.91 Å². The highest BCUT2D eigenvalue weighted by Gasteiger charge is 2.25. The fourth-order valence-electron chi connectivity index (χ4n) is 3.17. The normalized spacial score (nSPS) is 23.2. The van der Waals surface area contributed by atoms with Crippen LogP contribution in [0, 0.1) is 6.92 Å². The minimum Gasteiger partial charge on any atom is -0.379 e. The van der Waals surface area contributed by atoms with Crippen molar-refractivity contribution < 1.29 is 14.3 Å². The van der Waals surface area contributed by atoms with E-state index in [4.69, 9.17) is 15.2 Å². The van der Waals surface area contributed by atoms with Crippen molar-refractivity contribution in [1.82, 2.24) is 14.8 Å². The van der Waals surface area contributed by atoms with Gasteiger partial charge in [-0.3, -0.25) is 9.69 Å². The Kier molecular flexibility index (Phi) is 6.04.